The molecule has 0 aromatic heterocycles. The molecule has 3 heteroatoms. The maximum absolute atomic E-state index is 12.3. The number of esters is 1. The third-order valence-corrected chi connectivity index (χ3v) is 3.98. The molecule has 1 saturated carbocycles. The van der Waals surface area contributed by atoms with Gasteiger partial charge in [0.05, 0.1) is 5.41 Å². The molecule has 1 aliphatic rings. The van der Waals surface area contributed by atoms with Crippen LogP contribution in [0.15, 0.2) is 0 Å². The van der Waals surface area contributed by atoms with Crippen LogP contribution in [0.2, 0.25) is 0 Å². The maximum Gasteiger partial charge on any atom is 0.313 e. The molecule has 1 rings (SSSR count). The summed E-state index contributed by atoms with van der Waals surface area (Å²) in [5, 5.41) is 0. The Morgan fingerprint density at radius 2 is 1.94 bits per heavy atom. The second-order valence-corrected chi connectivity index (χ2v) is 6.68. The minimum atomic E-state index is -0.445. The molecule has 0 bridgehead atoms. The van der Waals surface area contributed by atoms with Gasteiger partial charge >= 0.3 is 5.97 Å². The van der Waals surface area contributed by atoms with Crippen molar-refractivity contribution in [1.29, 1.82) is 0 Å². The third-order valence-electron chi connectivity index (χ3n) is 3.98. The van der Waals surface area contributed by atoms with Crippen LogP contribution in [0.4, 0.5) is 0 Å². The summed E-state index contributed by atoms with van der Waals surface area (Å²) in [6.07, 6.45) is 2.79. The minimum absolute atomic E-state index is 0.105. The van der Waals surface area contributed by atoms with E-state index >= 15 is 0 Å². The lowest BCUT2D eigenvalue weighted by molar-refractivity contribution is -0.171. The Labute approximate surface area is 105 Å². The summed E-state index contributed by atoms with van der Waals surface area (Å²) in [6.45, 7) is 10.6. The zero-order valence-corrected chi connectivity index (χ0v) is 11.9. The van der Waals surface area contributed by atoms with Crippen LogP contribution in [-0.4, -0.2) is 18.1 Å². The Kier molecular flexibility index (Phi) is 4.23. The summed E-state index contributed by atoms with van der Waals surface area (Å²) in [6, 6.07) is 0. The Hall–Kier alpha value is -0.570. The zero-order valence-electron chi connectivity index (χ0n) is 11.9. The minimum Gasteiger partial charge on any atom is -0.460 e. The summed E-state index contributed by atoms with van der Waals surface area (Å²) < 4.78 is 5.54. The molecule has 0 heterocycles. The van der Waals surface area contributed by atoms with Crippen LogP contribution in [0.3, 0.4) is 0 Å². The van der Waals surface area contributed by atoms with Gasteiger partial charge in [0, 0.05) is 6.54 Å². The van der Waals surface area contributed by atoms with Crippen LogP contribution >= 0.6 is 0 Å². The highest BCUT2D eigenvalue weighted by Crippen LogP contribution is 2.43. The van der Waals surface area contributed by atoms with Crippen molar-refractivity contribution in [2.24, 2.45) is 23.0 Å². The van der Waals surface area contributed by atoms with Crippen molar-refractivity contribution in [2.45, 2.75) is 59.5 Å². The van der Waals surface area contributed by atoms with Crippen LogP contribution < -0.4 is 5.73 Å². The van der Waals surface area contributed by atoms with E-state index in [1.807, 2.05) is 20.8 Å². The normalized spacial score (nSPS) is 34.5. The molecule has 3 unspecified atom stereocenters. The van der Waals surface area contributed by atoms with Crippen molar-refractivity contribution < 1.29 is 9.53 Å². The topological polar surface area (TPSA) is 52.3 Å². The SMILES string of the molecule is CC1CCC(CN)(C(=O)OC(C)(C)C)CC1C. The van der Waals surface area contributed by atoms with E-state index in [-0.39, 0.29) is 5.97 Å². The molecule has 3 nitrogen and oxygen atoms in total. The van der Waals surface area contributed by atoms with Crippen LogP contribution in [-0.2, 0) is 9.53 Å². The average molecular weight is 241 g/mol. The van der Waals surface area contributed by atoms with Gasteiger partial charge in [-0.15, -0.1) is 0 Å². The number of nitrogens with two attached hydrogens (primary N) is 1. The first-order valence-electron chi connectivity index (χ1n) is 6.64. The highest BCUT2D eigenvalue weighted by Gasteiger charge is 2.45. The molecule has 0 radical (unpaired) electrons. The number of hydrogen-bond donors (Lipinski definition) is 1. The quantitative estimate of drug-likeness (QED) is 0.756. The second-order valence-electron chi connectivity index (χ2n) is 6.68. The smallest absolute Gasteiger partial charge is 0.313 e. The number of carbonyl (C=O) groups excluding carboxylic acids is 1. The molecule has 3 atom stereocenters. The van der Waals surface area contributed by atoms with Crippen LogP contribution in [0.5, 0.6) is 0 Å². The van der Waals surface area contributed by atoms with Crippen LogP contribution in [0, 0.1) is 17.3 Å². The number of carbonyl (C=O) groups is 1. The van der Waals surface area contributed by atoms with Gasteiger partial charge in [0.15, 0.2) is 0 Å². The van der Waals surface area contributed by atoms with Gasteiger partial charge in [0.1, 0.15) is 5.60 Å². The summed E-state index contributed by atoms with van der Waals surface area (Å²) in [5.74, 6) is 1.11. The first-order chi connectivity index (χ1) is 7.70. The first-order valence-corrected chi connectivity index (χ1v) is 6.64. The molecule has 0 aromatic carbocycles. The van der Waals surface area contributed by atoms with Crippen molar-refractivity contribution in [3.63, 3.8) is 0 Å². The molecular weight excluding hydrogens is 214 g/mol. The first kappa shape index (κ1) is 14.5. The van der Waals surface area contributed by atoms with E-state index in [0.717, 1.165) is 19.3 Å². The molecule has 1 aliphatic carbocycles. The largest absolute Gasteiger partial charge is 0.460 e. The van der Waals surface area contributed by atoms with Gasteiger partial charge < -0.3 is 10.5 Å². The summed E-state index contributed by atoms with van der Waals surface area (Å²) in [5.41, 5.74) is 4.99. The molecule has 17 heavy (non-hydrogen) atoms. The van der Waals surface area contributed by atoms with E-state index in [0.29, 0.717) is 18.4 Å². The average Bonchev–Trinajstić information content (AvgIpc) is 2.20. The van der Waals surface area contributed by atoms with E-state index in [9.17, 15) is 4.79 Å². The maximum atomic E-state index is 12.3. The predicted molar refractivity (Wildman–Crippen MR) is 69.5 cm³/mol. The van der Waals surface area contributed by atoms with Gasteiger partial charge in [0.2, 0.25) is 0 Å². The van der Waals surface area contributed by atoms with Crippen molar-refractivity contribution in [3.8, 4) is 0 Å². The highest BCUT2D eigenvalue weighted by molar-refractivity contribution is 5.77. The lowest BCUT2D eigenvalue weighted by atomic mass is 9.66. The van der Waals surface area contributed by atoms with Crippen molar-refractivity contribution in [1.82, 2.24) is 0 Å². The van der Waals surface area contributed by atoms with E-state index in [1.165, 1.54) is 0 Å². The molecule has 1 fully saturated rings. The molecule has 0 amide bonds. The Morgan fingerprint density at radius 1 is 1.35 bits per heavy atom. The molecule has 0 saturated heterocycles. The van der Waals surface area contributed by atoms with E-state index in [4.69, 9.17) is 10.5 Å². The molecule has 0 spiro atoms. The fourth-order valence-electron chi connectivity index (χ4n) is 2.55. The summed E-state index contributed by atoms with van der Waals surface area (Å²) >= 11 is 0. The van der Waals surface area contributed by atoms with Crippen molar-refractivity contribution in [3.05, 3.63) is 0 Å². The monoisotopic (exact) mass is 241 g/mol. The number of rotatable bonds is 2. The van der Waals surface area contributed by atoms with Crippen molar-refractivity contribution in [2.75, 3.05) is 6.54 Å². The lowest BCUT2D eigenvalue weighted by Gasteiger charge is -2.41. The predicted octanol–water partition coefficient (Wildman–Crippen LogP) is 2.73. The fourth-order valence-corrected chi connectivity index (χ4v) is 2.55. The van der Waals surface area contributed by atoms with Gasteiger partial charge in [-0.05, 0) is 51.9 Å². The van der Waals surface area contributed by atoms with E-state index < -0.39 is 11.0 Å². The Morgan fingerprint density at radius 3 is 2.35 bits per heavy atom. The van der Waals surface area contributed by atoms with Gasteiger partial charge in [-0.25, -0.2) is 0 Å². The molecule has 0 aliphatic heterocycles. The summed E-state index contributed by atoms with van der Waals surface area (Å²) in [7, 11) is 0. The molecule has 2 N–H and O–H groups in total. The lowest BCUT2D eigenvalue weighted by Crippen LogP contribution is -2.47. The van der Waals surface area contributed by atoms with Gasteiger partial charge in [-0.1, -0.05) is 13.8 Å². The van der Waals surface area contributed by atoms with Crippen LogP contribution in [0.25, 0.3) is 0 Å². The number of ether oxygens (including phenoxy) is 1. The molecule has 100 valence electrons. The van der Waals surface area contributed by atoms with E-state index in [2.05, 4.69) is 13.8 Å². The summed E-state index contributed by atoms with van der Waals surface area (Å²) in [4.78, 5) is 12.3. The Bertz CT molecular complexity index is 282. The highest BCUT2D eigenvalue weighted by atomic mass is 16.6. The van der Waals surface area contributed by atoms with Gasteiger partial charge in [-0.3, -0.25) is 4.79 Å². The second kappa shape index (κ2) is 4.97. The fraction of sp³-hybridized carbons (Fsp3) is 0.929. The van der Waals surface area contributed by atoms with Gasteiger partial charge in [0.25, 0.3) is 0 Å². The van der Waals surface area contributed by atoms with Crippen LogP contribution in [0.1, 0.15) is 53.9 Å². The third kappa shape index (κ3) is 3.44. The Balaban J connectivity index is 2.79. The standard InChI is InChI=1S/C14H27NO2/c1-10-6-7-14(9-15,8-11(10)2)12(16)17-13(3,4)5/h10-11H,6-9,15H2,1-5H3. The molecule has 0 aromatic rings. The number of hydrogen-bond acceptors (Lipinski definition) is 3. The molecular formula is C14H27NO2. The van der Waals surface area contributed by atoms with Crippen molar-refractivity contribution >= 4 is 5.97 Å². The van der Waals surface area contributed by atoms with Gasteiger partial charge in [-0.2, -0.15) is 0 Å². The zero-order chi connectivity index (χ0) is 13.3. The van der Waals surface area contributed by atoms with E-state index in [1.54, 1.807) is 0 Å².